The van der Waals surface area contributed by atoms with Crippen LogP contribution in [-0.4, -0.2) is 234 Å². The van der Waals surface area contributed by atoms with Crippen LogP contribution < -0.4 is 9.80 Å². The number of carbonyl (C=O) groups excluding carboxylic acids is 6. The number of nitrogens with zero attached hydrogens (tertiary/aromatic N) is 14. The predicted octanol–water partition coefficient (Wildman–Crippen LogP) is 8.18. The van der Waals surface area contributed by atoms with Crippen LogP contribution in [0.3, 0.4) is 0 Å². The van der Waals surface area contributed by atoms with E-state index in [2.05, 4.69) is 10.3 Å². The summed E-state index contributed by atoms with van der Waals surface area (Å²) < 4.78 is 36.7. The van der Waals surface area contributed by atoms with Crippen molar-refractivity contribution in [2.45, 2.75) is 158 Å². The van der Waals surface area contributed by atoms with Crippen molar-refractivity contribution in [3.63, 3.8) is 0 Å². The number of hydrogen-bond donors (Lipinski definition) is 0. The molecule has 2 aromatic heterocycles. The van der Waals surface area contributed by atoms with E-state index in [9.17, 15) is 28.8 Å². The second-order valence-corrected chi connectivity index (χ2v) is 26.4. The van der Waals surface area contributed by atoms with Crippen molar-refractivity contribution in [3.05, 3.63) is 36.5 Å². The molecule has 6 amide bonds. The summed E-state index contributed by atoms with van der Waals surface area (Å²) in [4.78, 5) is 112. The number of benzene rings is 1. The molecule has 4 heterocycles. The molecule has 2 fully saturated rings. The Morgan fingerprint density at radius 2 is 0.566 bits per heavy atom. The molecule has 2 saturated heterocycles. The average Bonchev–Trinajstić information content (AvgIpc) is 3.96. The summed E-state index contributed by atoms with van der Waals surface area (Å²) in [5.41, 5.74) is -3.84. The fraction of sp³-hybridized carbons (Fsp3) is 0.702. The Balaban J connectivity index is 1.70. The molecule has 5 rings (SSSR count). The standard InChI is InChI=1S/C57H92N14O12/c1-52(2,3)78-46(72)65-28-24-63(25-29-66(47(73)79-53(4,5)6)33-37-69(36-32-65)50(76)82-56(13,14)15)43-58-44(60-45(59-43)71-40-42(61-62-71)41-22-20-19-21-23-41)64-26-30-67(48(74)80-54(7,8)9)34-38-70(51(77)83-57(16,17)18)39-35-68(31-27-64)49(75)81-55(10,11)12/h19-23,40H,24-39H2,1-18H3. The maximum atomic E-state index is 14.2. The monoisotopic (exact) mass is 1160 g/mol. The van der Waals surface area contributed by atoms with Crippen LogP contribution in [0.1, 0.15) is 125 Å². The average molecular weight is 1170 g/mol. The molecule has 2 aliphatic heterocycles. The van der Waals surface area contributed by atoms with Gasteiger partial charge in [-0.3, -0.25) is 0 Å². The van der Waals surface area contributed by atoms with Gasteiger partial charge in [0.1, 0.15) is 39.3 Å². The van der Waals surface area contributed by atoms with Gasteiger partial charge in [-0.05, 0) is 125 Å². The summed E-state index contributed by atoms with van der Waals surface area (Å²) in [6.07, 6.45) is -2.06. The number of aromatic nitrogens is 6. The van der Waals surface area contributed by atoms with Crippen molar-refractivity contribution in [2.24, 2.45) is 0 Å². The number of carbonyl (C=O) groups is 6. The van der Waals surface area contributed by atoms with Crippen molar-refractivity contribution in [1.82, 2.24) is 59.3 Å². The van der Waals surface area contributed by atoms with Gasteiger partial charge >= 0.3 is 36.6 Å². The van der Waals surface area contributed by atoms with E-state index >= 15 is 0 Å². The van der Waals surface area contributed by atoms with E-state index < -0.39 is 70.2 Å². The summed E-state index contributed by atoms with van der Waals surface area (Å²) in [5.74, 6) is 0.253. The van der Waals surface area contributed by atoms with Crippen LogP contribution in [-0.2, 0) is 28.4 Å². The third kappa shape index (κ3) is 22.7. The lowest BCUT2D eigenvalue weighted by molar-refractivity contribution is 0.00797. The highest BCUT2D eigenvalue weighted by atomic mass is 16.6. The molecule has 26 heteroatoms. The van der Waals surface area contributed by atoms with Crippen LogP contribution in [0.25, 0.3) is 17.2 Å². The lowest BCUT2D eigenvalue weighted by atomic mass is 10.2. The Morgan fingerprint density at radius 3 is 0.807 bits per heavy atom. The van der Waals surface area contributed by atoms with Gasteiger partial charge in [-0.15, -0.1) is 5.10 Å². The van der Waals surface area contributed by atoms with E-state index in [1.165, 1.54) is 34.1 Å². The highest BCUT2D eigenvalue weighted by molar-refractivity contribution is 5.72. The van der Waals surface area contributed by atoms with Crippen LogP contribution in [0.4, 0.5) is 40.7 Å². The lowest BCUT2D eigenvalue weighted by Gasteiger charge is -2.36. The molecule has 3 aromatic rings. The molecule has 0 N–H and O–H groups in total. The second-order valence-electron chi connectivity index (χ2n) is 26.4. The van der Waals surface area contributed by atoms with Gasteiger partial charge in [0.2, 0.25) is 11.9 Å². The summed E-state index contributed by atoms with van der Waals surface area (Å²) in [6, 6.07) is 9.44. The molecule has 2 aliphatic rings. The van der Waals surface area contributed by atoms with Gasteiger partial charge in [0.05, 0.1) is 6.20 Å². The first-order chi connectivity index (χ1) is 38.3. The first kappa shape index (κ1) is 66.4. The van der Waals surface area contributed by atoms with E-state index in [1.54, 1.807) is 131 Å². The van der Waals surface area contributed by atoms with E-state index in [0.717, 1.165) is 5.56 Å². The van der Waals surface area contributed by atoms with Gasteiger partial charge in [-0.2, -0.15) is 19.6 Å². The third-order valence-electron chi connectivity index (χ3n) is 12.0. The minimum Gasteiger partial charge on any atom is -0.444 e. The van der Waals surface area contributed by atoms with Crippen molar-refractivity contribution >= 4 is 48.5 Å². The van der Waals surface area contributed by atoms with Crippen LogP contribution >= 0.6 is 0 Å². The molecule has 462 valence electrons. The summed E-state index contributed by atoms with van der Waals surface area (Å²) in [7, 11) is 0. The minimum absolute atomic E-state index is 0.0228. The third-order valence-corrected chi connectivity index (χ3v) is 12.0. The fourth-order valence-electron chi connectivity index (χ4n) is 8.11. The molecule has 83 heavy (non-hydrogen) atoms. The maximum absolute atomic E-state index is 14.2. The van der Waals surface area contributed by atoms with Gasteiger partial charge in [-0.1, -0.05) is 35.5 Å². The maximum Gasteiger partial charge on any atom is 0.410 e. The number of amides is 6. The van der Waals surface area contributed by atoms with Crippen LogP contribution in [0.15, 0.2) is 36.5 Å². The van der Waals surface area contributed by atoms with Gasteiger partial charge < -0.3 is 67.6 Å². The topological polar surface area (TPSA) is 253 Å². The van der Waals surface area contributed by atoms with Crippen LogP contribution in [0.2, 0.25) is 0 Å². The van der Waals surface area contributed by atoms with E-state index in [4.69, 9.17) is 43.4 Å². The predicted molar refractivity (Wildman–Crippen MR) is 311 cm³/mol. The zero-order valence-corrected chi connectivity index (χ0v) is 52.4. The summed E-state index contributed by atoms with van der Waals surface area (Å²) in [5, 5.41) is 8.96. The molecule has 0 atom stereocenters. The number of rotatable bonds is 4. The van der Waals surface area contributed by atoms with Gasteiger partial charge in [-0.25, -0.2) is 28.8 Å². The van der Waals surface area contributed by atoms with Crippen molar-refractivity contribution in [2.75, 3.05) is 115 Å². The van der Waals surface area contributed by atoms with Crippen LogP contribution in [0.5, 0.6) is 0 Å². The fourth-order valence-corrected chi connectivity index (χ4v) is 8.11. The Hall–Kier alpha value is -7.41. The van der Waals surface area contributed by atoms with E-state index in [1.807, 2.05) is 40.1 Å². The van der Waals surface area contributed by atoms with Crippen molar-refractivity contribution < 1.29 is 57.2 Å². The molecule has 0 bridgehead atoms. The Bertz CT molecular complexity index is 2440. The molecule has 26 nitrogen and oxygen atoms in total. The smallest absolute Gasteiger partial charge is 0.410 e. The SMILES string of the molecule is CC(C)(C)OC(=O)N1CCN(C(=O)OC(C)(C)C)CCN(c2nc(N3CCN(C(=O)OC(C)(C)C)CCN(C(=O)OC(C)(C)C)CCN(C(=O)OC(C)(C)C)CC3)nc(-n3cc(-c4ccccc4)nn3)n2)CCN(C(=O)OC(C)(C)C)CC1. The largest absolute Gasteiger partial charge is 0.444 e. The number of ether oxygens (including phenoxy) is 6. The van der Waals surface area contributed by atoms with Gasteiger partial charge in [0.15, 0.2) is 0 Å². The first-order valence-electron chi connectivity index (χ1n) is 28.4. The van der Waals surface area contributed by atoms with Gasteiger partial charge in [0.25, 0.3) is 5.95 Å². The number of hydrogen-bond acceptors (Lipinski definition) is 19. The highest BCUT2D eigenvalue weighted by Gasteiger charge is 2.34. The number of anilines is 2. The molecular formula is C57H92N14O12. The Labute approximate surface area is 490 Å². The van der Waals surface area contributed by atoms with Gasteiger partial charge in [0, 0.05) is 110 Å². The molecule has 0 saturated carbocycles. The second kappa shape index (κ2) is 27.3. The Kier molecular flexibility index (Phi) is 21.9. The molecule has 1 aromatic carbocycles. The molecular weight excluding hydrogens is 1070 g/mol. The van der Waals surface area contributed by atoms with Crippen molar-refractivity contribution in [3.8, 4) is 17.2 Å². The van der Waals surface area contributed by atoms with Crippen molar-refractivity contribution in [1.29, 1.82) is 0 Å². The zero-order valence-electron chi connectivity index (χ0n) is 52.4. The molecule has 0 aliphatic carbocycles. The minimum atomic E-state index is -0.870. The quantitative estimate of drug-likeness (QED) is 0.223. The molecule has 0 unspecified atom stereocenters. The summed E-state index contributed by atoms with van der Waals surface area (Å²) >= 11 is 0. The van der Waals surface area contributed by atoms with E-state index in [-0.39, 0.29) is 123 Å². The summed E-state index contributed by atoms with van der Waals surface area (Å²) in [6.45, 7) is 32.4. The zero-order chi connectivity index (χ0) is 61.9. The highest BCUT2D eigenvalue weighted by Crippen LogP contribution is 2.24. The van der Waals surface area contributed by atoms with Crippen LogP contribution in [0, 0.1) is 0 Å². The normalized spacial score (nSPS) is 16.6. The molecule has 0 spiro atoms. The molecule has 0 radical (unpaired) electrons. The Morgan fingerprint density at radius 1 is 0.337 bits per heavy atom. The first-order valence-corrected chi connectivity index (χ1v) is 28.4. The van der Waals surface area contributed by atoms with E-state index in [0.29, 0.717) is 5.69 Å². The lowest BCUT2D eigenvalue weighted by Crippen LogP contribution is -2.52.